The number of nitrogen functional groups attached to an aromatic ring is 1. The van der Waals surface area contributed by atoms with Crippen LogP contribution in [0.25, 0.3) is 0 Å². The maximum absolute atomic E-state index is 9.09. The van der Waals surface area contributed by atoms with Crippen LogP contribution in [-0.4, -0.2) is 29.7 Å². The van der Waals surface area contributed by atoms with E-state index in [-0.39, 0.29) is 0 Å². The number of aliphatic hydroxyl groups excluding tert-OH is 1. The summed E-state index contributed by atoms with van der Waals surface area (Å²) in [6.07, 6.45) is 1.10. The predicted molar refractivity (Wildman–Crippen MR) is 69.0 cm³/mol. The Balaban J connectivity index is 1.99. The normalized spacial score (nSPS) is 21.5. The quantitative estimate of drug-likeness (QED) is 0.833. The Kier molecular flexibility index (Phi) is 3.84. The SMILES string of the molecule is Nc1ccc(CN2CCC(CO)C2)c(Br)c1. The van der Waals surface area contributed by atoms with Crippen LogP contribution in [0.5, 0.6) is 0 Å². The molecule has 0 saturated carbocycles. The van der Waals surface area contributed by atoms with Crippen molar-refractivity contribution in [1.29, 1.82) is 0 Å². The van der Waals surface area contributed by atoms with E-state index in [1.54, 1.807) is 0 Å². The number of hydrogen-bond acceptors (Lipinski definition) is 3. The second-order valence-electron chi connectivity index (χ2n) is 4.42. The van der Waals surface area contributed by atoms with E-state index in [1.165, 1.54) is 5.56 Å². The molecule has 0 aliphatic carbocycles. The Bertz CT molecular complexity index is 370. The van der Waals surface area contributed by atoms with Gasteiger partial charge in [0.05, 0.1) is 0 Å². The van der Waals surface area contributed by atoms with E-state index in [4.69, 9.17) is 10.8 Å². The molecule has 1 saturated heterocycles. The Morgan fingerprint density at radius 1 is 1.50 bits per heavy atom. The molecule has 1 aromatic rings. The Labute approximate surface area is 104 Å². The number of halogens is 1. The largest absolute Gasteiger partial charge is 0.399 e. The van der Waals surface area contributed by atoms with Crippen LogP contribution in [-0.2, 0) is 6.54 Å². The number of rotatable bonds is 3. The first-order valence-electron chi connectivity index (χ1n) is 5.56. The lowest BCUT2D eigenvalue weighted by molar-refractivity contribution is 0.220. The molecule has 1 heterocycles. The summed E-state index contributed by atoms with van der Waals surface area (Å²) in [4.78, 5) is 2.37. The highest BCUT2D eigenvalue weighted by Crippen LogP contribution is 2.24. The molecule has 1 atom stereocenters. The van der Waals surface area contributed by atoms with Gasteiger partial charge in [-0.3, -0.25) is 4.90 Å². The van der Waals surface area contributed by atoms with E-state index >= 15 is 0 Å². The number of aliphatic hydroxyl groups is 1. The average Bonchev–Trinajstić information content (AvgIpc) is 2.70. The fraction of sp³-hybridized carbons (Fsp3) is 0.500. The second-order valence-corrected chi connectivity index (χ2v) is 5.28. The molecule has 1 fully saturated rings. The lowest BCUT2D eigenvalue weighted by Gasteiger charge is -2.16. The molecule has 16 heavy (non-hydrogen) atoms. The van der Waals surface area contributed by atoms with E-state index < -0.39 is 0 Å². The third-order valence-corrected chi connectivity index (χ3v) is 3.84. The lowest BCUT2D eigenvalue weighted by atomic mass is 10.1. The van der Waals surface area contributed by atoms with Gasteiger partial charge >= 0.3 is 0 Å². The molecule has 0 bridgehead atoms. The van der Waals surface area contributed by atoms with E-state index in [1.807, 2.05) is 12.1 Å². The van der Waals surface area contributed by atoms with Crippen molar-refractivity contribution >= 4 is 21.6 Å². The van der Waals surface area contributed by atoms with Crippen LogP contribution in [0.4, 0.5) is 5.69 Å². The van der Waals surface area contributed by atoms with Crippen molar-refractivity contribution in [3.05, 3.63) is 28.2 Å². The van der Waals surface area contributed by atoms with Crippen molar-refractivity contribution < 1.29 is 5.11 Å². The monoisotopic (exact) mass is 284 g/mol. The molecule has 0 spiro atoms. The van der Waals surface area contributed by atoms with Crippen LogP contribution in [0.2, 0.25) is 0 Å². The summed E-state index contributed by atoms with van der Waals surface area (Å²) < 4.78 is 1.07. The maximum atomic E-state index is 9.09. The number of hydrogen-bond donors (Lipinski definition) is 2. The fourth-order valence-electron chi connectivity index (χ4n) is 2.14. The highest BCUT2D eigenvalue weighted by Gasteiger charge is 2.21. The molecule has 88 valence electrons. The van der Waals surface area contributed by atoms with Crippen LogP contribution >= 0.6 is 15.9 Å². The van der Waals surface area contributed by atoms with Gasteiger partial charge in [0.25, 0.3) is 0 Å². The standard InChI is InChI=1S/C12H17BrN2O/c13-12-5-11(14)2-1-10(12)7-15-4-3-9(6-15)8-16/h1-2,5,9,16H,3-4,6-8,14H2. The highest BCUT2D eigenvalue weighted by molar-refractivity contribution is 9.10. The third kappa shape index (κ3) is 2.75. The zero-order valence-corrected chi connectivity index (χ0v) is 10.8. The Morgan fingerprint density at radius 3 is 2.94 bits per heavy atom. The number of anilines is 1. The summed E-state index contributed by atoms with van der Waals surface area (Å²) in [6, 6.07) is 5.93. The van der Waals surface area contributed by atoms with Crippen molar-refractivity contribution in [1.82, 2.24) is 4.90 Å². The van der Waals surface area contributed by atoms with Crippen molar-refractivity contribution in [2.24, 2.45) is 5.92 Å². The summed E-state index contributed by atoms with van der Waals surface area (Å²) in [5, 5.41) is 9.09. The van der Waals surface area contributed by atoms with Gasteiger partial charge in [0.1, 0.15) is 0 Å². The van der Waals surface area contributed by atoms with Gasteiger partial charge in [-0.25, -0.2) is 0 Å². The smallest absolute Gasteiger partial charge is 0.0471 e. The molecule has 2 rings (SSSR count). The van der Waals surface area contributed by atoms with Gasteiger partial charge in [-0.05, 0) is 36.6 Å². The maximum Gasteiger partial charge on any atom is 0.0471 e. The molecule has 1 unspecified atom stereocenters. The van der Waals surface area contributed by atoms with Crippen LogP contribution in [0.15, 0.2) is 22.7 Å². The highest BCUT2D eigenvalue weighted by atomic mass is 79.9. The molecule has 0 amide bonds. The zero-order valence-electron chi connectivity index (χ0n) is 9.19. The molecule has 1 aliphatic rings. The fourth-order valence-corrected chi connectivity index (χ4v) is 2.66. The van der Waals surface area contributed by atoms with Crippen molar-refractivity contribution in [2.75, 3.05) is 25.4 Å². The van der Waals surface area contributed by atoms with E-state index in [0.717, 1.165) is 36.2 Å². The van der Waals surface area contributed by atoms with Gasteiger partial charge in [-0.2, -0.15) is 0 Å². The van der Waals surface area contributed by atoms with Crippen LogP contribution < -0.4 is 5.73 Å². The molecular weight excluding hydrogens is 268 g/mol. The van der Waals surface area contributed by atoms with Crippen molar-refractivity contribution in [3.8, 4) is 0 Å². The Morgan fingerprint density at radius 2 is 2.31 bits per heavy atom. The van der Waals surface area contributed by atoms with E-state index in [2.05, 4.69) is 26.9 Å². The second kappa shape index (κ2) is 5.17. The van der Waals surface area contributed by atoms with Gasteiger partial charge in [0.2, 0.25) is 0 Å². The molecule has 3 nitrogen and oxygen atoms in total. The molecule has 1 aromatic carbocycles. The van der Waals surface area contributed by atoms with Crippen LogP contribution in [0, 0.1) is 5.92 Å². The van der Waals surface area contributed by atoms with Crippen molar-refractivity contribution in [3.63, 3.8) is 0 Å². The molecular formula is C12H17BrN2O. The molecule has 3 N–H and O–H groups in total. The summed E-state index contributed by atoms with van der Waals surface area (Å²) in [7, 11) is 0. The molecule has 4 heteroatoms. The van der Waals surface area contributed by atoms with Crippen LogP contribution in [0.3, 0.4) is 0 Å². The van der Waals surface area contributed by atoms with Gasteiger partial charge in [-0.15, -0.1) is 0 Å². The predicted octanol–water partition coefficient (Wildman–Crippen LogP) is 1.85. The number of likely N-dealkylation sites (tertiary alicyclic amines) is 1. The van der Waals surface area contributed by atoms with Crippen LogP contribution in [0.1, 0.15) is 12.0 Å². The van der Waals surface area contributed by atoms with E-state index in [0.29, 0.717) is 12.5 Å². The Hall–Kier alpha value is -0.580. The minimum absolute atomic E-state index is 0.305. The number of nitrogens with zero attached hydrogens (tertiary/aromatic N) is 1. The topological polar surface area (TPSA) is 49.5 Å². The van der Waals surface area contributed by atoms with Gasteiger partial charge < -0.3 is 10.8 Å². The molecule has 0 aromatic heterocycles. The number of benzene rings is 1. The average molecular weight is 285 g/mol. The summed E-state index contributed by atoms with van der Waals surface area (Å²) in [5.74, 6) is 0.451. The summed E-state index contributed by atoms with van der Waals surface area (Å²) in [6.45, 7) is 3.30. The van der Waals surface area contributed by atoms with Gasteiger partial charge in [0.15, 0.2) is 0 Å². The van der Waals surface area contributed by atoms with Gasteiger partial charge in [-0.1, -0.05) is 22.0 Å². The van der Waals surface area contributed by atoms with Gasteiger partial charge in [0, 0.05) is 29.9 Å². The van der Waals surface area contributed by atoms with E-state index in [9.17, 15) is 0 Å². The minimum Gasteiger partial charge on any atom is -0.399 e. The minimum atomic E-state index is 0.305. The summed E-state index contributed by atoms with van der Waals surface area (Å²) in [5.41, 5.74) is 7.74. The lowest BCUT2D eigenvalue weighted by Crippen LogP contribution is -2.21. The number of nitrogens with two attached hydrogens (primary N) is 1. The summed E-state index contributed by atoms with van der Waals surface area (Å²) >= 11 is 3.53. The first-order valence-corrected chi connectivity index (χ1v) is 6.35. The van der Waals surface area contributed by atoms with Crippen molar-refractivity contribution in [2.45, 2.75) is 13.0 Å². The zero-order chi connectivity index (χ0) is 11.5. The molecule has 1 aliphatic heterocycles. The first kappa shape index (κ1) is 11.9. The molecule has 0 radical (unpaired) electrons. The first-order chi connectivity index (χ1) is 7.69. The third-order valence-electron chi connectivity index (χ3n) is 3.10.